The van der Waals surface area contributed by atoms with E-state index in [4.69, 9.17) is 9.26 Å². The number of ether oxygens (including phenoxy) is 1. The van der Waals surface area contributed by atoms with Crippen LogP contribution in [0.3, 0.4) is 0 Å². The van der Waals surface area contributed by atoms with Crippen molar-refractivity contribution in [2.75, 3.05) is 18.5 Å². The smallest absolute Gasteiger partial charge is 0.149 e. The van der Waals surface area contributed by atoms with Crippen LogP contribution in [0, 0.1) is 13.8 Å². The van der Waals surface area contributed by atoms with Crippen molar-refractivity contribution >= 4 is 5.82 Å². The summed E-state index contributed by atoms with van der Waals surface area (Å²) >= 11 is 0. The number of nitrogens with one attached hydrogen (secondary N) is 1. The van der Waals surface area contributed by atoms with Crippen molar-refractivity contribution in [1.29, 1.82) is 0 Å². The molecule has 2 aliphatic rings. The molecule has 1 N–H and O–H groups in total. The van der Waals surface area contributed by atoms with Gasteiger partial charge in [-0.05, 0) is 39.5 Å². The second-order valence-corrected chi connectivity index (χ2v) is 6.51. The Kier molecular flexibility index (Phi) is 3.77. The summed E-state index contributed by atoms with van der Waals surface area (Å²) in [5.74, 6) is 2.40. The van der Waals surface area contributed by atoms with Crippen LogP contribution >= 0.6 is 0 Å². The molecular formula is C17H22N4O2. The van der Waals surface area contributed by atoms with Gasteiger partial charge in [-0.3, -0.25) is 0 Å². The topological polar surface area (TPSA) is 73.1 Å². The molecule has 2 aromatic rings. The lowest BCUT2D eigenvalue weighted by molar-refractivity contribution is 0.0903. The highest BCUT2D eigenvalue weighted by atomic mass is 16.5. The van der Waals surface area contributed by atoms with Crippen LogP contribution in [0.25, 0.3) is 11.3 Å². The summed E-state index contributed by atoms with van der Waals surface area (Å²) in [7, 11) is 0. The normalized spacial score (nSPS) is 19.0. The Morgan fingerprint density at radius 2 is 1.87 bits per heavy atom. The summed E-state index contributed by atoms with van der Waals surface area (Å²) < 4.78 is 11.0. The van der Waals surface area contributed by atoms with Crippen molar-refractivity contribution in [2.24, 2.45) is 0 Å². The van der Waals surface area contributed by atoms with E-state index < -0.39 is 0 Å². The van der Waals surface area contributed by atoms with Crippen LogP contribution in [0.5, 0.6) is 0 Å². The van der Waals surface area contributed by atoms with E-state index in [-0.39, 0.29) is 0 Å². The first-order valence-electron chi connectivity index (χ1n) is 8.36. The van der Waals surface area contributed by atoms with E-state index in [1.165, 1.54) is 12.8 Å². The van der Waals surface area contributed by atoms with Gasteiger partial charge in [-0.2, -0.15) is 0 Å². The van der Waals surface area contributed by atoms with Crippen LogP contribution in [0.1, 0.15) is 48.6 Å². The van der Waals surface area contributed by atoms with E-state index in [1.807, 2.05) is 6.92 Å². The second kappa shape index (κ2) is 5.92. The Morgan fingerprint density at radius 1 is 1.09 bits per heavy atom. The van der Waals surface area contributed by atoms with Crippen LogP contribution in [0.4, 0.5) is 5.82 Å². The highest BCUT2D eigenvalue weighted by Gasteiger charge is 2.33. The number of anilines is 1. The van der Waals surface area contributed by atoms with Crippen molar-refractivity contribution in [1.82, 2.24) is 15.1 Å². The van der Waals surface area contributed by atoms with Crippen molar-refractivity contribution in [3.05, 3.63) is 23.3 Å². The van der Waals surface area contributed by atoms with E-state index in [2.05, 4.69) is 27.4 Å². The second-order valence-electron chi connectivity index (χ2n) is 6.51. The van der Waals surface area contributed by atoms with Gasteiger partial charge in [0.15, 0.2) is 0 Å². The maximum absolute atomic E-state index is 5.57. The molecule has 0 atom stereocenters. The SMILES string of the molecule is Cc1noc(C2CC2)c1-c1ncnc(NC2CCOCC2)c1C. The van der Waals surface area contributed by atoms with Gasteiger partial charge in [0.1, 0.15) is 17.9 Å². The summed E-state index contributed by atoms with van der Waals surface area (Å²) in [5, 5.41) is 7.72. The maximum atomic E-state index is 5.57. The lowest BCUT2D eigenvalue weighted by atomic mass is 10.0. The van der Waals surface area contributed by atoms with Crippen molar-refractivity contribution in [2.45, 2.75) is 51.5 Å². The minimum absolute atomic E-state index is 0.414. The number of aryl methyl sites for hydroxylation is 1. The molecule has 0 bridgehead atoms. The number of hydrogen-bond donors (Lipinski definition) is 1. The highest BCUT2D eigenvalue weighted by Crippen LogP contribution is 2.45. The molecule has 1 saturated heterocycles. The third-order valence-corrected chi connectivity index (χ3v) is 4.72. The van der Waals surface area contributed by atoms with E-state index in [0.717, 1.165) is 60.1 Å². The molecule has 0 spiro atoms. The third-order valence-electron chi connectivity index (χ3n) is 4.72. The van der Waals surface area contributed by atoms with Gasteiger partial charge in [-0.15, -0.1) is 0 Å². The summed E-state index contributed by atoms with van der Waals surface area (Å²) in [6, 6.07) is 0.414. The molecule has 0 unspecified atom stereocenters. The van der Waals surface area contributed by atoms with E-state index in [0.29, 0.717) is 12.0 Å². The first-order chi connectivity index (χ1) is 11.2. The van der Waals surface area contributed by atoms with Crippen LogP contribution in [0.15, 0.2) is 10.9 Å². The highest BCUT2D eigenvalue weighted by molar-refractivity contribution is 5.72. The van der Waals surface area contributed by atoms with Gasteiger partial charge in [0.05, 0.1) is 17.0 Å². The predicted molar refractivity (Wildman–Crippen MR) is 86.4 cm³/mol. The Balaban J connectivity index is 1.67. The van der Waals surface area contributed by atoms with Crippen LogP contribution in [0.2, 0.25) is 0 Å². The van der Waals surface area contributed by atoms with E-state index in [9.17, 15) is 0 Å². The molecule has 0 radical (unpaired) electrons. The van der Waals surface area contributed by atoms with Gasteiger partial charge >= 0.3 is 0 Å². The molecule has 6 heteroatoms. The van der Waals surface area contributed by atoms with Gasteiger partial charge < -0.3 is 14.6 Å². The van der Waals surface area contributed by atoms with Crippen molar-refractivity contribution < 1.29 is 9.26 Å². The van der Waals surface area contributed by atoms with Crippen molar-refractivity contribution in [3.8, 4) is 11.3 Å². The monoisotopic (exact) mass is 314 g/mol. The van der Waals surface area contributed by atoms with Gasteiger partial charge in [0.25, 0.3) is 0 Å². The molecule has 6 nitrogen and oxygen atoms in total. The summed E-state index contributed by atoms with van der Waals surface area (Å²) in [5.41, 5.74) is 3.97. The Bertz CT molecular complexity index is 703. The molecule has 1 saturated carbocycles. The number of nitrogens with zero attached hydrogens (tertiary/aromatic N) is 3. The summed E-state index contributed by atoms with van der Waals surface area (Å²) in [6.45, 7) is 5.68. The molecule has 1 aliphatic carbocycles. The van der Waals surface area contributed by atoms with Crippen LogP contribution in [-0.4, -0.2) is 34.4 Å². The van der Waals surface area contributed by atoms with Crippen molar-refractivity contribution in [3.63, 3.8) is 0 Å². The standard InChI is InChI=1S/C17H22N4O2/c1-10-15(14-11(2)21-23-16(14)12-3-4-12)18-9-19-17(10)20-13-5-7-22-8-6-13/h9,12-13H,3-8H2,1-2H3,(H,18,19,20). The average molecular weight is 314 g/mol. The van der Waals surface area contributed by atoms with Gasteiger partial charge in [-0.25, -0.2) is 9.97 Å². The lowest BCUT2D eigenvalue weighted by Crippen LogP contribution is -2.28. The largest absolute Gasteiger partial charge is 0.381 e. The molecular weight excluding hydrogens is 292 g/mol. The lowest BCUT2D eigenvalue weighted by Gasteiger charge is -2.24. The maximum Gasteiger partial charge on any atom is 0.149 e. The molecule has 0 amide bonds. The van der Waals surface area contributed by atoms with E-state index >= 15 is 0 Å². The Morgan fingerprint density at radius 3 is 2.61 bits per heavy atom. The Hall–Kier alpha value is -1.95. The Labute approximate surface area is 135 Å². The minimum Gasteiger partial charge on any atom is -0.381 e. The van der Waals surface area contributed by atoms with Gasteiger partial charge in [0, 0.05) is 30.7 Å². The fourth-order valence-electron chi connectivity index (χ4n) is 3.18. The molecule has 1 aliphatic heterocycles. The fraction of sp³-hybridized carbons (Fsp3) is 0.588. The molecule has 23 heavy (non-hydrogen) atoms. The number of rotatable bonds is 4. The summed E-state index contributed by atoms with van der Waals surface area (Å²) in [4.78, 5) is 8.98. The fourth-order valence-corrected chi connectivity index (χ4v) is 3.18. The van der Waals surface area contributed by atoms with Gasteiger partial charge in [-0.1, -0.05) is 5.16 Å². The first kappa shape index (κ1) is 14.6. The quantitative estimate of drug-likeness (QED) is 0.934. The molecule has 2 aromatic heterocycles. The average Bonchev–Trinajstić information content (AvgIpc) is 3.34. The third kappa shape index (κ3) is 2.83. The molecule has 0 aromatic carbocycles. The zero-order chi connectivity index (χ0) is 15.8. The molecule has 2 fully saturated rings. The number of aromatic nitrogens is 3. The first-order valence-corrected chi connectivity index (χ1v) is 8.36. The molecule has 122 valence electrons. The van der Waals surface area contributed by atoms with E-state index in [1.54, 1.807) is 6.33 Å². The van der Waals surface area contributed by atoms with Gasteiger partial charge in [0.2, 0.25) is 0 Å². The predicted octanol–water partition coefficient (Wildman–Crippen LogP) is 3.22. The summed E-state index contributed by atoms with van der Waals surface area (Å²) in [6.07, 6.45) is 6.02. The zero-order valence-electron chi connectivity index (χ0n) is 13.6. The molecule has 4 rings (SSSR count). The van der Waals surface area contributed by atoms with Crippen LogP contribution < -0.4 is 5.32 Å². The van der Waals surface area contributed by atoms with Crippen LogP contribution in [-0.2, 0) is 4.74 Å². The zero-order valence-corrected chi connectivity index (χ0v) is 13.6. The molecule has 3 heterocycles. The number of hydrogen-bond acceptors (Lipinski definition) is 6. The minimum atomic E-state index is 0.414.